The van der Waals surface area contributed by atoms with Gasteiger partial charge in [-0.3, -0.25) is 0 Å². The normalized spacial score (nSPS) is 16.8. The highest BCUT2D eigenvalue weighted by molar-refractivity contribution is 5.28. The lowest BCUT2D eigenvalue weighted by molar-refractivity contribution is 0.00995. The molecular formula is C14H20O3. The predicted octanol–water partition coefficient (Wildman–Crippen LogP) is 2.89. The zero-order chi connectivity index (χ0) is 12.1. The van der Waals surface area contributed by atoms with Crippen LogP contribution < -0.4 is 4.74 Å². The lowest BCUT2D eigenvalue weighted by Gasteiger charge is -2.10. The lowest BCUT2D eigenvalue weighted by atomic mass is 10.1. The molecule has 1 aromatic carbocycles. The first-order valence-corrected chi connectivity index (χ1v) is 6.28. The van der Waals surface area contributed by atoms with Crippen molar-refractivity contribution in [1.29, 1.82) is 0 Å². The van der Waals surface area contributed by atoms with E-state index >= 15 is 0 Å². The van der Waals surface area contributed by atoms with Gasteiger partial charge in [0, 0.05) is 0 Å². The van der Waals surface area contributed by atoms with Gasteiger partial charge in [0.1, 0.15) is 5.75 Å². The Hall–Kier alpha value is -1.06. The first-order valence-electron chi connectivity index (χ1n) is 6.28. The number of hydrogen-bond acceptors (Lipinski definition) is 3. The van der Waals surface area contributed by atoms with Crippen LogP contribution in [0.15, 0.2) is 24.3 Å². The fourth-order valence-corrected chi connectivity index (χ4v) is 1.63. The van der Waals surface area contributed by atoms with Crippen LogP contribution in [-0.2, 0) is 4.74 Å². The Labute approximate surface area is 102 Å². The molecule has 3 heteroatoms. The van der Waals surface area contributed by atoms with Crippen LogP contribution in [0.5, 0.6) is 5.75 Å². The van der Waals surface area contributed by atoms with E-state index in [9.17, 15) is 5.11 Å². The smallest absolute Gasteiger partial charge is 0.189 e. The molecule has 2 rings (SSSR count). The molecule has 0 aromatic heterocycles. The van der Waals surface area contributed by atoms with Crippen LogP contribution in [0.4, 0.5) is 0 Å². The first kappa shape index (κ1) is 12.4. The van der Waals surface area contributed by atoms with Crippen LogP contribution in [0.2, 0.25) is 0 Å². The molecule has 0 bridgehead atoms. The molecule has 0 unspecified atom stereocenters. The number of benzene rings is 1. The minimum absolute atomic E-state index is 0.312. The molecule has 94 valence electrons. The molecule has 1 saturated carbocycles. The molecule has 1 aliphatic carbocycles. The van der Waals surface area contributed by atoms with Crippen molar-refractivity contribution in [2.75, 3.05) is 13.4 Å². The summed E-state index contributed by atoms with van der Waals surface area (Å²) in [5, 5.41) is 9.64. The Morgan fingerprint density at radius 3 is 2.59 bits per heavy atom. The van der Waals surface area contributed by atoms with Gasteiger partial charge in [-0.05, 0) is 42.9 Å². The summed E-state index contributed by atoms with van der Waals surface area (Å²) < 4.78 is 10.8. The molecule has 1 aliphatic rings. The number of rotatable bonds is 7. The van der Waals surface area contributed by atoms with Gasteiger partial charge >= 0.3 is 0 Å². The SMILES string of the molecule is CC[C@@H](O)c1ccc(OCOCC2CC2)cc1. The molecule has 0 saturated heterocycles. The van der Waals surface area contributed by atoms with E-state index in [0.717, 1.165) is 30.3 Å². The second kappa shape index (κ2) is 6.03. The van der Waals surface area contributed by atoms with Gasteiger partial charge in [-0.15, -0.1) is 0 Å². The number of ether oxygens (including phenoxy) is 2. The molecular weight excluding hydrogens is 216 g/mol. The fraction of sp³-hybridized carbons (Fsp3) is 0.571. The van der Waals surface area contributed by atoms with Gasteiger partial charge in [-0.25, -0.2) is 0 Å². The maximum Gasteiger partial charge on any atom is 0.189 e. The van der Waals surface area contributed by atoms with Gasteiger partial charge in [-0.2, -0.15) is 0 Å². The summed E-state index contributed by atoms with van der Waals surface area (Å²) in [5.74, 6) is 1.55. The van der Waals surface area contributed by atoms with Crippen LogP contribution in [0.1, 0.15) is 37.9 Å². The van der Waals surface area contributed by atoms with Crippen LogP contribution in [-0.4, -0.2) is 18.5 Å². The van der Waals surface area contributed by atoms with E-state index in [1.54, 1.807) is 0 Å². The molecule has 0 radical (unpaired) electrons. The molecule has 0 aliphatic heterocycles. The lowest BCUT2D eigenvalue weighted by Crippen LogP contribution is -2.05. The Morgan fingerprint density at radius 2 is 2.00 bits per heavy atom. The van der Waals surface area contributed by atoms with E-state index in [-0.39, 0.29) is 6.10 Å². The van der Waals surface area contributed by atoms with E-state index < -0.39 is 0 Å². The number of aliphatic hydroxyl groups excluding tert-OH is 1. The largest absolute Gasteiger partial charge is 0.468 e. The molecule has 3 nitrogen and oxygen atoms in total. The molecule has 0 amide bonds. The molecule has 0 spiro atoms. The second-order valence-corrected chi connectivity index (χ2v) is 4.57. The highest BCUT2D eigenvalue weighted by Gasteiger charge is 2.21. The van der Waals surface area contributed by atoms with Crippen LogP contribution in [0.3, 0.4) is 0 Å². The van der Waals surface area contributed by atoms with Crippen molar-refractivity contribution in [2.24, 2.45) is 5.92 Å². The van der Waals surface area contributed by atoms with Crippen molar-refractivity contribution in [1.82, 2.24) is 0 Å². The Morgan fingerprint density at radius 1 is 1.29 bits per heavy atom. The van der Waals surface area contributed by atoms with Gasteiger partial charge in [0.15, 0.2) is 6.79 Å². The van der Waals surface area contributed by atoms with Crippen LogP contribution >= 0.6 is 0 Å². The summed E-state index contributed by atoms with van der Waals surface area (Å²) in [6.07, 6.45) is 2.94. The van der Waals surface area contributed by atoms with Crippen molar-refractivity contribution >= 4 is 0 Å². The standard InChI is InChI=1S/C14H20O3/c1-2-14(15)12-5-7-13(8-6-12)17-10-16-9-11-3-4-11/h5-8,11,14-15H,2-4,9-10H2,1H3/t14-/m1/s1. The van der Waals surface area contributed by atoms with Gasteiger partial charge in [0.05, 0.1) is 12.7 Å². The van der Waals surface area contributed by atoms with Gasteiger partial charge in [0.2, 0.25) is 0 Å². The topological polar surface area (TPSA) is 38.7 Å². The third kappa shape index (κ3) is 4.02. The maximum absolute atomic E-state index is 9.64. The molecule has 1 aromatic rings. The summed E-state index contributed by atoms with van der Waals surface area (Å²) in [6.45, 7) is 3.08. The number of hydrogen-bond donors (Lipinski definition) is 1. The highest BCUT2D eigenvalue weighted by Crippen LogP contribution is 2.28. The maximum atomic E-state index is 9.64. The van der Waals surface area contributed by atoms with Gasteiger partial charge in [-0.1, -0.05) is 19.1 Å². The first-order chi connectivity index (χ1) is 8.29. The van der Waals surface area contributed by atoms with Crippen LogP contribution in [0, 0.1) is 5.92 Å². The van der Waals surface area contributed by atoms with Gasteiger partial charge in [0.25, 0.3) is 0 Å². The molecule has 1 N–H and O–H groups in total. The average Bonchev–Trinajstić information content (AvgIpc) is 3.18. The molecule has 1 fully saturated rings. The van der Waals surface area contributed by atoms with Crippen molar-refractivity contribution < 1.29 is 14.6 Å². The molecule has 17 heavy (non-hydrogen) atoms. The zero-order valence-corrected chi connectivity index (χ0v) is 10.3. The third-order valence-corrected chi connectivity index (χ3v) is 3.01. The third-order valence-electron chi connectivity index (χ3n) is 3.01. The van der Waals surface area contributed by atoms with Crippen LogP contribution in [0.25, 0.3) is 0 Å². The fourth-order valence-electron chi connectivity index (χ4n) is 1.63. The monoisotopic (exact) mass is 236 g/mol. The number of aliphatic hydroxyl groups is 1. The summed E-state index contributed by atoms with van der Waals surface area (Å²) in [4.78, 5) is 0. The second-order valence-electron chi connectivity index (χ2n) is 4.57. The Balaban J connectivity index is 1.72. The van der Waals surface area contributed by atoms with E-state index in [2.05, 4.69) is 0 Å². The van der Waals surface area contributed by atoms with Gasteiger partial charge < -0.3 is 14.6 Å². The minimum atomic E-state index is -0.379. The summed E-state index contributed by atoms with van der Waals surface area (Å²) in [7, 11) is 0. The van der Waals surface area contributed by atoms with E-state index in [4.69, 9.17) is 9.47 Å². The summed E-state index contributed by atoms with van der Waals surface area (Å²) in [6, 6.07) is 7.53. The van der Waals surface area contributed by atoms with Crippen molar-refractivity contribution in [3.63, 3.8) is 0 Å². The van der Waals surface area contributed by atoms with Crippen molar-refractivity contribution in [3.8, 4) is 5.75 Å². The molecule has 1 atom stereocenters. The Kier molecular flexibility index (Phi) is 4.40. The predicted molar refractivity (Wildman–Crippen MR) is 65.9 cm³/mol. The van der Waals surface area contributed by atoms with E-state index in [1.807, 2.05) is 31.2 Å². The Bertz CT molecular complexity index is 330. The quantitative estimate of drug-likeness (QED) is 0.584. The van der Waals surface area contributed by atoms with E-state index in [1.165, 1.54) is 12.8 Å². The zero-order valence-electron chi connectivity index (χ0n) is 10.3. The summed E-state index contributed by atoms with van der Waals surface area (Å²) in [5.41, 5.74) is 0.929. The summed E-state index contributed by atoms with van der Waals surface area (Å²) >= 11 is 0. The van der Waals surface area contributed by atoms with Crippen molar-refractivity contribution in [2.45, 2.75) is 32.3 Å². The van der Waals surface area contributed by atoms with E-state index in [0.29, 0.717) is 6.79 Å². The van der Waals surface area contributed by atoms with Crippen molar-refractivity contribution in [3.05, 3.63) is 29.8 Å². The highest BCUT2D eigenvalue weighted by atomic mass is 16.7. The minimum Gasteiger partial charge on any atom is -0.468 e. The average molecular weight is 236 g/mol. The molecule has 0 heterocycles.